The summed E-state index contributed by atoms with van der Waals surface area (Å²) in [7, 11) is 0. The van der Waals surface area contributed by atoms with Crippen molar-refractivity contribution in [2.45, 2.75) is 104 Å². The Morgan fingerprint density at radius 1 is 0.783 bits per heavy atom. The molecule has 132 valence electrons. The molecule has 0 aliphatic rings. The standard InChI is InChI=1S/C22H38O/c1-8-9-10-11-12-13-14-17-15-18(21(2,3)4)16-19(20(17)23)22(5,6)7/h15-16,23H,8-14H2,1-7H3. The maximum absolute atomic E-state index is 10.8. The lowest BCUT2D eigenvalue weighted by Gasteiger charge is -2.27. The highest BCUT2D eigenvalue weighted by Crippen LogP contribution is 2.38. The number of rotatable bonds is 7. The quantitative estimate of drug-likeness (QED) is 0.543. The number of hydrogen-bond donors (Lipinski definition) is 1. The molecule has 1 aromatic carbocycles. The zero-order valence-electron chi connectivity index (χ0n) is 16.6. The third-order valence-electron chi connectivity index (χ3n) is 4.66. The van der Waals surface area contributed by atoms with Gasteiger partial charge in [-0.2, -0.15) is 0 Å². The summed E-state index contributed by atoms with van der Waals surface area (Å²) in [5.41, 5.74) is 3.65. The third kappa shape index (κ3) is 6.20. The Bertz CT molecular complexity index is 486. The minimum atomic E-state index is -0.0266. The SMILES string of the molecule is CCCCCCCCc1cc(C(C)(C)C)cc(C(C)(C)C)c1O. The summed E-state index contributed by atoms with van der Waals surface area (Å²) in [6.07, 6.45) is 8.74. The van der Waals surface area contributed by atoms with Crippen molar-refractivity contribution in [3.63, 3.8) is 0 Å². The van der Waals surface area contributed by atoms with Crippen LogP contribution in [0.3, 0.4) is 0 Å². The molecule has 0 unspecified atom stereocenters. The van der Waals surface area contributed by atoms with Gasteiger partial charge in [0, 0.05) is 0 Å². The minimum Gasteiger partial charge on any atom is -0.507 e. The lowest BCUT2D eigenvalue weighted by atomic mass is 9.78. The maximum Gasteiger partial charge on any atom is 0.122 e. The number of phenols is 1. The molecule has 0 saturated heterocycles. The smallest absolute Gasteiger partial charge is 0.122 e. The third-order valence-corrected chi connectivity index (χ3v) is 4.66. The topological polar surface area (TPSA) is 20.2 Å². The van der Waals surface area contributed by atoms with Gasteiger partial charge in [-0.1, -0.05) is 92.7 Å². The van der Waals surface area contributed by atoms with E-state index < -0.39 is 0 Å². The van der Waals surface area contributed by atoms with Crippen molar-refractivity contribution in [1.82, 2.24) is 0 Å². The second-order valence-corrected chi connectivity index (χ2v) is 9.05. The summed E-state index contributed by atoms with van der Waals surface area (Å²) >= 11 is 0. The van der Waals surface area contributed by atoms with Crippen LogP contribution in [0.4, 0.5) is 0 Å². The number of aromatic hydroxyl groups is 1. The molecule has 0 fully saturated rings. The van der Waals surface area contributed by atoms with Gasteiger partial charge in [-0.3, -0.25) is 0 Å². The van der Waals surface area contributed by atoms with E-state index in [4.69, 9.17) is 0 Å². The normalized spacial score (nSPS) is 12.7. The van der Waals surface area contributed by atoms with E-state index in [1.54, 1.807) is 0 Å². The molecular formula is C22H38O. The Morgan fingerprint density at radius 2 is 1.35 bits per heavy atom. The van der Waals surface area contributed by atoms with Crippen molar-refractivity contribution in [2.24, 2.45) is 0 Å². The predicted molar refractivity (Wildman–Crippen MR) is 103 cm³/mol. The van der Waals surface area contributed by atoms with Crippen LogP contribution in [0.15, 0.2) is 12.1 Å². The van der Waals surface area contributed by atoms with E-state index in [1.807, 2.05) is 0 Å². The molecule has 1 nitrogen and oxygen atoms in total. The van der Waals surface area contributed by atoms with Gasteiger partial charge >= 0.3 is 0 Å². The second kappa shape index (κ2) is 8.22. The molecule has 0 saturated carbocycles. The van der Waals surface area contributed by atoms with Crippen molar-refractivity contribution >= 4 is 0 Å². The van der Waals surface area contributed by atoms with Crippen LogP contribution in [0.2, 0.25) is 0 Å². The van der Waals surface area contributed by atoms with E-state index in [0.29, 0.717) is 5.75 Å². The average Bonchev–Trinajstić information content (AvgIpc) is 2.41. The minimum absolute atomic E-state index is 0.0266. The number of benzene rings is 1. The number of unbranched alkanes of at least 4 members (excludes halogenated alkanes) is 5. The lowest BCUT2D eigenvalue weighted by molar-refractivity contribution is 0.436. The fourth-order valence-electron chi connectivity index (χ4n) is 2.99. The predicted octanol–water partition coefficient (Wildman–Crippen LogP) is 6.89. The molecule has 1 heteroatoms. The molecule has 0 aromatic heterocycles. The van der Waals surface area contributed by atoms with Gasteiger partial charge in [0.15, 0.2) is 0 Å². The van der Waals surface area contributed by atoms with Crippen molar-refractivity contribution in [1.29, 1.82) is 0 Å². The van der Waals surface area contributed by atoms with Crippen LogP contribution in [-0.4, -0.2) is 5.11 Å². The summed E-state index contributed by atoms with van der Waals surface area (Å²) in [6.45, 7) is 15.6. The zero-order valence-corrected chi connectivity index (χ0v) is 16.6. The van der Waals surface area contributed by atoms with Crippen molar-refractivity contribution in [2.75, 3.05) is 0 Å². The molecule has 0 aliphatic carbocycles. The maximum atomic E-state index is 10.8. The van der Waals surface area contributed by atoms with E-state index in [2.05, 4.69) is 60.6 Å². The van der Waals surface area contributed by atoms with E-state index in [9.17, 15) is 5.11 Å². The highest BCUT2D eigenvalue weighted by atomic mass is 16.3. The monoisotopic (exact) mass is 318 g/mol. The van der Waals surface area contributed by atoms with Crippen molar-refractivity contribution in [3.8, 4) is 5.75 Å². The summed E-state index contributed by atoms with van der Waals surface area (Å²) in [6, 6.07) is 4.44. The Morgan fingerprint density at radius 3 is 1.87 bits per heavy atom. The van der Waals surface area contributed by atoms with Crippen LogP contribution in [-0.2, 0) is 17.3 Å². The Labute approximate surface area is 144 Å². The fourth-order valence-corrected chi connectivity index (χ4v) is 2.99. The van der Waals surface area contributed by atoms with E-state index in [1.165, 1.54) is 44.1 Å². The first kappa shape index (κ1) is 20.1. The van der Waals surface area contributed by atoms with Crippen molar-refractivity contribution < 1.29 is 5.11 Å². The van der Waals surface area contributed by atoms with Crippen LogP contribution >= 0.6 is 0 Å². The summed E-state index contributed by atoms with van der Waals surface area (Å²) < 4.78 is 0. The molecule has 1 N–H and O–H groups in total. The van der Waals surface area contributed by atoms with Crippen LogP contribution in [0, 0.1) is 0 Å². The summed E-state index contributed by atoms with van der Waals surface area (Å²) in [5.74, 6) is 0.527. The van der Waals surface area contributed by atoms with Crippen molar-refractivity contribution in [3.05, 3.63) is 28.8 Å². The zero-order chi connectivity index (χ0) is 17.7. The average molecular weight is 319 g/mol. The first-order chi connectivity index (χ1) is 10.6. The highest BCUT2D eigenvalue weighted by Gasteiger charge is 2.24. The van der Waals surface area contributed by atoms with Gasteiger partial charge in [-0.25, -0.2) is 0 Å². The van der Waals surface area contributed by atoms with Gasteiger partial charge in [-0.05, 0) is 40.4 Å². The molecule has 1 rings (SSSR count). The fraction of sp³-hybridized carbons (Fsp3) is 0.727. The number of aryl methyl sites for hydroxylation is 1. The summed E-state index contributed by atoms with van der Waals surface area (Å²) in [5, 5.41) is 10.8. The van der Waals surface area contributed by atoms with Gasteiger partial charge in [-0.15, -0.1) is 0 Å². The van der Waals surface area contributed by atoms with Gasteiger partial charge in [0.25, 0.3) is 0 Å². The number of hydrogen-bond acceptors (Lipinski definition) is 1. The van der Waals surface area contributed by atoms with Gasteiger partial charge in [0.05, 0.1) is 0 Å². The molecule has 0 bridgehead atoms. The molecule has 0 amide bonds. The van der Waals surface area contributed by atoms with E-state index >= 15 is 0 Å². The van der Waals surface area contributed by atoms with Crippen LogP contribution in [0.25, 0.3) is 0 Å². The van der Waals surface area contributed by atoms with Gasteiger partial charge < -0.3 is 5.11 Å². The largest absolute Gasteiger partial charge is 0.507 e. The molecule has 0 spiro atoms. The second-order valence-electron chi connectivity index (χ2n) is 9.05. The molecule has 23 heavy (non-hydrogen) atoms. The Kier molecular flexibility index (Phi) is 7.17. The van der Waals surface area contributed by atoms with E-state index in [-0.39, 0.29) is 10.8 Å². The molecule has 0 atom stereocenters. The van der Waals surface area contributed by atoms with Gasteiger partial charge in [0.2, 0.25) is 0 Å². The van der Waals surface area contributed by atoms with Gasteiger partial charge in [0.1, 0.15) is 5.75 Å². The van der Waals surface area contributed by atoms with E-state index in [0.717, 1.165) is 17.5 Å². The first-order valence-corrected chi connectivity index (χ1v) is 9.44. The molecular weight excluding hydrogens is 280 g/mol. The molecule has 0 heterocycles. The number of phenolic OH excluding ortho intramolecular Hbond substituents is 1. The first-order valence-electron chi connectivity index (χ1n) is 9.44. The molecule has 0 aliphatic heterocycles. The van der Waals surface area contributed by atoms with Crippen LogP contribution in [0.1, 0.15) is 104 Å². The Balaban J connectivity index is 2.93. The summed E-state index contributed by atoms with van der Waals surface area (Å²) in [4.78, 5) is 0. The Hall–Kier alpha value is -0.980. The van der Waals surface area contributed by atoms with Crippen LogP contribution in [0.5, 0.6) is 5.75 Å². The molecule has 1 aromatic rings. The highest BCUT2D eigenvalue weighted by molar-refractivity contribution is 5.48. The van der Waals surface area contributed by atoms with Crippen LogP contribution < -0.4 is 0 Å². The molecule has 0 radical (unpaired) electrons. The lowest BCUT2D eigenvalue weighted by Crippen LogP contribution is -2.17.